The Morgan fingerprint density at radius 2 is 2.05 bits per heavy atom. The average molecular weight is 331 g/mol. The third kappa shape index (κ3) is 5.82. The van der Waals surface area contributed by atoms with Gasteiger partial charge in [-0.1, -0.05) is 6.92 Å². The van der Waals surface area contributed by atoms with Gasteiger partial charge in [0, 0.05) is 12.6 Å². The standard InChI is InChI=1S/C12H20F3NO4S/c1-3-5-16(10-4-6-21(18,19)7-10)11(17)9(2)20-8-12(13,14)15/h9-10H,3-8H2,1-2H3. The van der Waals surface area contributed by atoms with E-state index in [4.69, 9.17) is 0 Å². The summed E-state index contributed by atoms with van der Waals surface area (Å²) in [5, 5.41) is 0. The van der Waals surface area contributed by atoms with Gasteiger partial charge in [-0.05, 0) is 19.8 Å². The molecule has 0 aromatic heterocycles. The van der Waals surface area contributed by atoms with Gasteiger partial charge in [0.15, 0.2) is 9.84 Å². The highest BCUT2D eigenvalue weighted by Gasteiger charge is 2.37. The van der Waals surface area contributed by atoms with Crippen LogP contribution in [0.2, 0.25) is 0 Å². The fourth-order valence-corrected chi connectivity index (χ4v) is 3.99. The zero-order chi connectivity index (χ0) is 16.3. The lowest BCUT2D eigenvalue weighted by molar-refractivity contribution is -0.189. The van der Waals surface area contributed by atoms with E-state index in [-0.39, 0.29) is 11.5 Å². The molecule has 1 fully saturated rings. The molecule has 0 N–H and O–H groups in total. The molecule has 21 heavy (non-hydrogen) atoms. The van der Waals surface area contributed by atoms with Crippen molar-refractivity contribution in [2.45, 2.75) is 45.0 Å². The SMILES string of the molecule is CCCN(C(=O)C(C)OCC(F)(F)F)C1CCS(=O)(=O)C1. The van der Waals surface area contributed by atoms with Crippen molar-refractivity contribution in [1.82, 2.24) is 4.90 Å². The van der Waals surface area contributed by atoms with Crippen molar-refractivity contribution in [1.29, 1.82) is 0 Å². The summed E-state index contributed by atoms with van der Waals surface area (Å²) >= 11 is 0. The number of sulfone groups is 1. The number of carbonyl (C=O) groups is 1. The summed E-state index contributed by atoms with van der Waals surface area (Å²) in [4.78, 5) is 13.5. The fraction of sp³-hybridized carbons (Fsp3) is 0.917. The molecule has 0 aromatic carbocycles. The number of amides is 1. The molecule has 1 heterocycles. The van der Waals surface area contributed by atoms with E-state index in [9.17, 15) is 26.4 Å². The Balaban J connectivity index is 2.69. The molecule has 0 radical (unpaired) electrons. The number of hydrogen-bond donors (Lipinski definition) is 0. The Morgan fingerprint density at radius 3 is 2.48 bits per heavy atom. The number of halogens is 3. The smallest absolute Gasteiger partial charge is 0.359 e. The highest BCUT2D eigenvalue weighted by atomic mass is 32.2. The molecule has 124 valence electrons. The second-order valence-electron chi connectivity index (χ2n) is 5.16. The van der Waals surface area contributed by atoms with Gasteiger partial charge >= 0.3 is 6.18 Å². The molecule has 0 spiro atoms. The summed E-state index contributed by atoms with van der Waals surface area (Å²) in [6.07, 6.45) is -4.84. The molecule has 1 aliphatic rings. The van der Waals surface area contributed by atoms with E-state index in [2.05, 4.69) is 4.74 Å². The van der Waals surface area contributed by atoms with E-state index in [1.165, 1.54) is 11.8 Å². The predicted molar refractivity (Wildman–Crippen MR) is 70.5 cm³/mol. The van der Waals surface area contributed by atoms with Crippen LogP contribution in [0.25, 0.3) is 0 Å². The minimum absolute atomic E-state index is 0.00293. The van der Waals surface area contributed by atoms with E-state index in [1.54, 1.807) is 0 Å². The zero-order valence-corrected chi connectivity index (χ0v) is 12.8. The van der Waals surface area contributed by atoms with Crippen LogP contribution in [-0.2, 0) is 19.4 Å². The van der Waals surface area contributed by atoms with Crippen molar-refractivity contribution >= 4 is 15.7 Å². The first-order chi connectivity index (χ1) is 9.56. The van der Waals surface area contributed by atoms with Crippen LogP contribution in [0.15, 0.2) is 0 Å². The van der Waals surface area contributed by atoms with Crippen molar-refractivity contribution in [2.24, 2.45) is 0 Å². The first kappa shape index (κ1) is 18.2. The quantitative estimate of drug-likeness (QED) is 0.738. The van der Waals surface area contributed by atoms with E-state index < -0.39 is 40.7 Å². The van der Waals surface area contributed by atoms with Crippen LogP contribution in [0.5, 0.6) is 0 Å². The minimum Gasteiger partial charge on any atom is -0.359 e. The van der Waals surface area contributed by atoms with Crippen molar-refractivity contribution in [3.05, 3.63) is 0 Å². The molecule has 1 amide bonds. The van der Waals surface area contributed by atoms with Crippen molar-refractivity contribution in [2.75, 3.05) is 24.7 Å². The number of ether oxygens (including phenoxy) is 1. The first-order valence-corrected chi connectivity index (χ1v) is 8.57. The maximum atomic E-state index is 12.2. The van der Waals surface area contributed by atoms with Gasteiger partial charge in [-0.25, -0.2) is 8.42 Å². The predicted octanol–water partition coefficient (Wildman–Crippen LogP) is 1.38. The fourth-order valence-electron chi connectivity index (χ4n) is 2.26. The molecule has 5 nitrogen and oxygen atoms in total. The lowest BCUT2D eigenvalue weighted by atomic mass is 10.2. The van der Waals surface area contributed by atoms with Crippen LogP contribution < -0.4 is 0 Å². The normalized spacial score (nSPS) is 23.0. The molecular formula is C12H20F3NO4S. The van der Waals surface area contributed by atoms with E-state index >= 15 is 0 Å². The Morgan fingerprint density at radius 1 is 1.43 bits per heavy atom. The van der Waals surface area contributed by atoms with E-state index in [0.717, 1.165) is 0 Å². The van der Waals surface area contributed by atoms with E-state index in [1.807, 2.05) is 6.92 Å². The van der Waals surface area contributed by atoms with Crippen LogP contribution >= 0.6 is 0 Å². The highest BCUT2D eigenvalue weighted by molar-refractivity contribution is 7.91. The Hall–Kier alpha value is -0.830. The number of rotatable bonds is 6. The van der Waals surface area contributed by atoms with E-state index in [0.29, 0.717) is 19.4 Å². The first-order valence-electron chi connectivity index (χ1n) is 6.75. The Kier molecular flexibility index (Phi) is 6.03. The average Bonchev–Trinajstić information content (AvgIpc) is 2.71. The summed E-state index contributed by atoms with van der Waals surface area (Å²) in [5.74, 6) is -0.726. The highest BCUT2D eigenvalue weighted by Crippen LogP contribution is 2.21. The number of nitrogens with zero attached hydrogens (tertiary/aromatic N) is 1. The molecule has 0 saturated carbocycles. The minimum atomic E-state index is -4.50. The third-order valence-electron chi connectivity index (χ3n) is 3.24. The second-order valence-corrected chi connectivity index (χ2v) is 7.39. The lowest BCUT2D eigenvalue weighted by Crippen LogP contribution is -2.47. The summed E-state index contributed by atoms with van der Waals surface area (Å²) in [6, 6.07) is -0.473. The van der Waals surface area contributed by atoms with Gasteiger partial charge in [-0.3, -0.25) is 4.79 Å². The maximum absolute atomic E-state index is 12.2. The summed E-state index contributed by atoms with van der Waals surface area (Å²) in [6.45, 7) is 1.87. The van der Waals surface area contributed by atoms with Crippen molar-refractivity contribution in [3.63, 3.8) is 0 Å². The van der Waals surface area contributed by atoms with Gasteiger partial charge < -0.3 is 9.64 Å². The molecule has 1 aliphatic heterocycles. The van der Waals surface area contributed by atoms with Crippen LogP contribution in [0.3, 0.4) is 0 Å². The molecule has 0 bridgehead atoms. The van der Waals surface area contributed by atoms with Gasteiger partial charge in [-0.2, -0.15) is 13.2 Å². The summed E-state index contributed by atoms with van der Waals surface area (Å²) in [7, 11) is -3.17. The van der Waals surface area contributed by atoms with Gasteiger partial charge in [0.1, 0.15) is 12.7 Å². The van der Waals surface area contributed by atoms with Crippen LogP contribution in [-0.4, -0.2) is 62.2 Å². The van der Waals surface area contributed by atoms with Crippen molar-refractivity contribution < 1.29 is 31.1 Å². The molecule has 1 rings (SSSR count). The largest absolute Gasteiger partial charge is 0.411 e. The second kappa shape index (κ2) is 6.95. The number of hydrogen-bond acceptors (Lipinski definition) is 4. The zero-order valence-electron chi connectivity index (χ0n) is 12.0. The number of alkyl halides is 3. The van der Waals surface area contributed by atoms with Gasteiger partial charge in [0.05, 0.1) is 11.5 Å². The van der Waals surface area contributed by atoms with Crippen LogP contribution in [0.4, 0.5) is 13.2 Å². The topological polar surface area (TPSA) is 63.7 Å². The van der Waals surface area contributed by atoms with Gasteiger partial charge in [0.25, 0.3) is 5.91 Å². The summed E-state index contributed by atoms with van der Waals surface area (Å²) < 4.78 is 63.8. The Labute approximate surface area is 122 Å². The van der Waals surface area contributed by atoms with Crippen molar-refractivity contribution in [3.8, 4) is 0 Å². The molecule has 9 heteroatoms. The van der Waals surface area contributed by atoms with Crippen LogP contribution in [0.1, 0.15) is 26.7 Å². The van der Waals surface area contributed by atoms with Crippen LogP contribution in [0, 0.1) is 0 Å². The third-order valence-corrected chi connectivity index (χ3v) is 4.99. The molecule has 2 unspecified atom stereocenters. The number of carbonyl (C=O) groups excluding carboxylic acids is 1. The molecule has 2 atom stereocenters. The monoisotopic (exact) mass is 331 g/mol. The Bertz CT molecular complexity index is 464. The molecule has 0 aliphatic carbocycles. The van der Waals surface area contributed by atoms with Gasteiger partial charge in [0.2, 0.25) is 0 Å². The summed E-state index contributed by atoms with van der Waals surface area (Å²) in [5.41, 5.74) is 0. The molecular weight excluding hydrogens is 311 g/mol. The molecule has 0 aromatic rings. The van der Waals surface area contributed by atoms with Gasteiger partial charge in [-0.15, -0.1) is 0 Å². The molecule has 1 saturated heterocycles. The maximum Gasteiger partial charge on any atom is 0.411 e. The lowest BCUT2D eigenvalue weighted by Gasteiger charge is -2.30.